The molecule has 0 saturated carbocycles. The molecule has 1 saturated heterocycles. The number of piperidine rings is 1. The third-order valence-electron chi connectivity index (χ3n) is 4.26. The van der Waals surface area contributed by atoms with E-state index in [-0.39, 0.29) is 24.9 Å². The lowest BCUT2D eigenvalue weighted by Crippen LogP contribution is -2.42. The van der Waals surface area contributed by atoms with Crippen LogP contribution in [0.4, 0.5) is 13.2 Å². The minimum absolute atomic E-state index is 0.0184. The Morgan fingerprint density at radius 2 is 1.78 bits per heavy atom. The third kappa shape index (κ3) is 4.68. The van der Waals surface area contributed by atoms with E-state index < -0.39 is 17.8 Å². The van der Waals surface area contributed by atoms with E-state index in [1.54, 1.807) is 4.90 Å². The van der Waals surface area contributed by atoms with Crippen molar-refractivity contribution in [3.05, 3.63) is 35.4 Å². The number of hydrogen-bond acceptors (Lipinski definition) is 3. The predicted molar refractivity (Wildman–Crippen MR) is 77.5 cm³/mol. The van der Waals surface area contributed by atoms with Crippen LogP contribution < -0.4 is 0 Å². The largest absolute Gasteiger partial charge is 0.416 e. The van der Waals surface area contributed by atoms with Crippen LogP contribution >= 0.6 is 0 Å². The second-order valence-corrected chi connectivity index (χ2v) is 5.84. The van der Waals surface area contributed by atoms with Crippen molar-refractivity contribution < 1.29 is 28.2 Å². The first-order valence-corrected chi connectivity index (χ1v) is 7.54. The number of alkyl halides is 3. The Kier molecular flexibility index (Phi) is 5.64. The summed E-state index contributed by atoms with van der Waals surface area (Å²) in [6.45, 7) is 0.687. The monoisotopic (exact) mass is 331 g/mol. The fourth-order valence-corrected chi connectivity index (χ4v) is 2.78. The second-order valence-electron chi connectivity index (χ2n) is 5.84. The van der Waals surface area contributed by atoms with Crippen molar-refractivity contribution in [3.8, 4) is 0 Å². The molecule has 1 aliphatic rings. The van der Waals surface area contributed by atoms with Crippen LogP contribution in [-0.4, -0.2) is 46.8 Å². The summed E-state index contributed by atoms with van der Waals surface area (Å²) in [5.41, 5.74) is -0.187. The Hall–Kier alpha value is -1.60. The maximum absolute atomic E-state index is 12.5. The molecule has 1 aromatic rings. The molecule has 1 aliphatic heterocycles. The zero-order valence-corrected chi connectivity index (χ0v) is 12.6. The van der Waals surface area contributed by atoms with E-state index in [9.17, 15) is 23.1 Å². The van der Waals surface area contributed by atoms with Crippen molar-refractivity contribution in [1.29, 1.82) is 0 Å². The minimum atomic E-state index is -4.38. The van der Waals surface area contributed by atoms with E-state index in [1.165, 1.54) is 12.1 Å². The van der Waals surface area contributed by atoms with Crippen molar-refractivity contribution in [3.63, 3.8) is 0 Å². The lowest BCUT2D eigenvalue weighted by atomic mass is 9.91. The maximum Gasteiger partial charge on any atom is 0.416 e. The molecule has 7 heteroatoms. The molecule has 1 amide bonds. The maximum atomic E-state index is 12.5. The normalized spacial score (nSPS) is 18.0. The van der Waals surface area contributed by atoms with Crippen LogP contribution in [0.15, 0.2) is 24.3 Å². The molecule has 0 aliphatic carbocycles. The number of aliphatic hydroxyl groups excluding tert-OH is 2. The number of likely N-dealkylation sites (tertiary alicyclic amines) is 1. The van der Waals surface area contributed by atoms with Gasteiger partial charge in [0, 0.05) is 13.1 Å². The Morgan fingerprint density at radius 1 is 1.22 bits per heavy atom. The van der Waals surface area contributed by atoms with Gasteiger partial charge in [0.2, 0.25) is 5.91 Å². The lowest BCUT2D eigenvalue weighted by Gasteiger charge is -2.33. The number of hydrogen-bond donors (Lipinski definition) is 2. The topological polar surface area (TPSA) is 60.8 Å². The molecule has 128 valence electrons. The zero-order valence-electron chi connectivity index (χ0n) is 12.6. The van der Waals surface area contributed by atoms with E-state index >= 15 is 0 Å². The highest BCUT2D eigenvalue weighted by atomic mass is 19.4. The second kappa shape index (κ2) is 7.31. The van der Waals surface area contributed by atoms with Crippen molar-refractivity contribution >= 4 is 5.91 Å². The first-order valence-electron chi connectivity index (χ1n) is 7.54. The molecule has 1 heterocycles. The summed E-state index contributed by atoms with van der Waals surface area (Å²) in [7, 11) is 0. The van der Waals surface area contributed by atoms with Crippen molar-refractivity contribution in [2.24, 2.45) is 5.92 Å². The Morgan fingerprint density at radius 3 is 2.26 bits per heavy atom. The van der Waals surface area contributed by atoms with E-state index in [4.69, 9.17) is 5.11 Å². The standard InChI is InChI=1S/C16H20F3NO3/c17-16(18,19)13-3-1-11(2-4-13)9-15(23)20-7-5-12(6-8-20)14(22)10-21/h1-4,12,14,21-22H,5-10H2. The van der Waals surface area contributed by atoms with Crippen molar-refractivity contribution in [2.45, 2.75) is 31.5 Å². The van der Waals surface area contributed by atoms with Crippen LogP contribution in [0.5, 0.6) is 0 Å². The van der Waals surface area contributed by atoms with Crippen LogP contribution in [0.25, 0.3) is 0 Å². The lowest BCUT2D eigenvalue weighted by molar-refractivity contribution is -0.137. The predicted octanol–water partition coefficient (Wildman–Crippen LogP) is 1.84. The molecule has 4 nitrogen and oxygen atoms in total. The molecule has 1 unspecified atom stereocenters. The zero-order chi connectivity index (χ0) is 17.0. The average molecular weight is 331 g/mol. The van der Waals surface area contributed by atoms with Gasteiger partial charge >= 0.3 is 6.18 Å². The van der Waals surface area contributed by atoms with Crippen LogP contribution in [0.2, 0.25) is 0 Å². The van der Waals surface area contributed by atoms with Gasteiger partial charge in [0.05, 0.1) is 24.7 Å². The van der Waals surface area contributed by atoms with Crippen LogP contribution in [0.1, 0.15) is 24.0 Å². The number of rotatable bonds is 4. The number of halogens is 3. The highest BCUT2D eigenvalue weighted by molar-refractivity contribution is 5.78. The summed E-state index contributed by atoms with van der Waals surface area (Å²) < 4.78 is 37.5. The fraction of sp³-hybridized carbons (Fsp3) is 0.562. The van der Waals surface area contributed by atoms with Crippen molar-refractivity contribution in [2.75, 3.05) is 19.7 Å². The van der Waals surface area contributed by atoms with Crippen LogP contribution in [0.3, 0.4) is 0 Å². The van der Waals surface area contributed by atoms with Gasteiger partial charge in [-0.05, 0) is 36.5 Å². The number of benzene rings is 1. The smallest absolute Gasteiger partial charge is 0.394 e. The number of aliphatic hydroxyl groups is 2. The first-order chi connectivity index (χ1) is 10.8. The summed E-state index contributed by atoms with van der Waals surface area (Å²) in [5, 5.41) is 18.5. The van der Waals surface area contributed by atoms with Gasteiger partial charge in [0.15, 0.2) is 0 Å². The molecule has 2 N–H and O–H groups in total. The summed E-state index contributed by atoms with van der Waals surface area (Å²) in [4.78, 5) is 13.8. The van der Waals surface area contributed by atoms with Crippen molar-refractivity contribution in [1.82, 2.24) is 4.90 Å². The molecule has 0 spiro atoms. The highest BCUT2D eigenvalue weighted by Crippen LogP contribution is 2.29. The van der Waals surface area contributed by atoms with E-state index in [0.717, 1.165) is 12.1 Å². The Bertz CT molecular complexity index is 522. The number of nitrogens with zero attached hydrogens (tertiary/aromatic N) is 1. The van der Waals surface area contributed by atoms with E-state index in [0.29, 0.717) is 31.5 Å². The van der Waals surface area contributed by atoms with E-state index in [2.05, 4.69) is 0 Å². The molecule has 1 atom stereocenters. The highest BCUT2D eigenvalue weighted by Gasteiger charge is 2.30. The quantitative estimate of drug-likeness (QED) is 0.885. The fourth-order valence-electron chi connectivity index (χ4n) is 2.78. The third-order valence-corrected chi connectivity index (χ3v) is 4.26. The van der Waals surface area contributed by atoms with Gasteiger partial charge in [0.25, 0.3) is 0 Å². The molecule has 1 aromatic carbocycles. The molecule has 0 aromatic heterocycles. The van der Waals surface area contributed by atoms with Gasteiger partial charge in [-0.2, -0.15) is 13.2 Å². The summed E-state index contributed by atoms with van der Waals surface area (Å²) in [6, 6.07) is 4.60. The first kappa shape index (κ1) is 17.7. The van der Waals surface area contributed by atoms with Gasteiger partial charge < -0.3 is 15.1 Å². The molecular formula is C16H20F3NO3. The average Bonchev–Trinajstić information content (AvgIpc) is 2.54. The van der Waals surface area contributed by atoms with Gasteiger partial charge in [-0.25, -0.2) is 0 Å². The van der Waals surface area contributed by atoms with E-state index in [1.807, 2.05) is 0 Å². The molecular weight excluding hydrogens is 311 g/mol. The minimum Gasteiger partial charge on any atom is -0.394 e. The molecule has 23 heavy (non-hydrogen) atoms. The number of amides is 1. The van der Waals surface area contributed by atoms with Gasteiger partial charge in [-0.15, -0.1) is 0 Å². The Balaban J connectivity index is 1.88. The van der Waals surface area contributed by atoms with Crippen LogP contribution in [-0.2, 0) is 17.4 Å². The summed E-state index contributed by atoms with van der Waals surface area (Å²) in [5.74, 6) is -0.156. The van der Waals surface area contributed by atoms with Gasteiger partial charge in [-0.3, -0.25) is 4.79 Å². The number of carbonyl (C=O) groups excluding carboxylic acids is 1. The summed E-state index contributed by atoms with van der Waals surface area (Å²) >= 11 is 0. The van der Waals surface area contributed by atoms with Gasteiger partial charge in [0.1, 0.15) is 0 Å². The molecule has 0 bridgehead atoms. The van der Waals surface area contributed by atoms with Gasteiger partial charge in [-0.1, -0.05) is 12.1 Å². The Labute approximate surface area is 132 Å². The molecule has 1 fully saturated rings. The molecule has 0 radical (unpaired) electrons. The molecule has 2 rings (SSSR count). The SMILES string of the molecule is O=C(Cc1ccc(C(F)(F)F)cc1)N1CCC(C(O)CO)CC1. The number of carbonyl (C=O) groups is 1. The summed E-state index contributed by atoms with van der Waals surface area (Å²) in [6.07, 6.45) is -3.85. The van der Waals surface area contributed by atoms with Crippen LogP contribution in [0, 0.1) is 5.92 Å².